The molecule has 1 saturated heterocycles. The van der Waals surface area contributed by atoms with E-state index >= 15 is 0 Å². The van der Waals surface area contributed by atoms with E-state index in [2.05, 4.69) is 10.2 Å². The van der Waals surface area contributed by atoms with Crippen LogP contribution in [-0.2, 0) is 24.9 Å². The molecular weight excluding hydrogens is 398 g/mol. The normalized spacial score (nSPS) is 18.7. The number of aromatic nitrogens is 4. The lowest BCUT2D eigenvalue weighted by Crippen LogP contribution is -2.53. The number of amides is 1. The van der Waals surface area contributed by atoms with Crippen molar-refractivity contribution in [2.24, 2.45) is 7.05 Å². The Hall–Kier alpha value is -3.46. The van der Waals surface area contributed by atoms with Gasteiger partial charge in [-0.15, -0.1) is 0 Å². The SMILES string of the molecule is Cn1cc(-c2ccc(=O)n(CC3(O)CCCN(C(=O)OCc4ccccc4)C3)n2)cn1. The van der Waals surface area contributed by atoms with Crippen LogP contribution in [0.4, 0.5) is 4.79 Å². The first-order chi connectivity index (χ1) is 14.9. The number of nitrogens with zero attached hydrogens (tertiary/aromatic N) is 5. The molecule has 1 atom stereocenters. The molecule has 0 aliphatic carbocycles. The number of rotatable bonds is 5. The number of carbonyl (C=O) groups excluding carboxylic acids is 1. The van der Waals surface area contributed by atoms with Gasteiger partial charge in [0.05, 0.1) is 25.0 Å². The smallest absolute Gasteiger partial charge is 0.410 e. The fraction of sp³-hybridized carbons (Fsp3) is 0.364. The molecule has 0 saturated carbocycles. The number of aliphatic hydroxyl groups is 1. The zero-order valence-electron chi connectivity index (χ0n) is 17.3. The Kier molecular flexibility index (Phi) is 5.85. The average molecular weight is 423 g/mol. The fourth-order valence-electron chi connectivity index (χ4n) is 3.76. The monoisotopic (exact) mass is 423 g/mol. The van der Waals surface area contributed by atoms with Crippen molar-refractivity contribution in [3.05, 3.63) is 70.8 Å². The minimum Gasteiger partial charge on any atom is -0.445 e. The summed E-state index contributed by atoms with van der Waals surface area (Å²) in [6.07, 6.45) is 4.05. The summed E-state index contributed by atoms with van der Waals surface area (Å²) < 4.78 is 8.30. The first-order valence-electron chi connectivity index (χ1n) is 10.2. The second-order valence-corrected chi connectivity index (χ2v) is 7.91. The van der Waals surface area contributed by atoms with Gasteiger partial charge in [-0.3, -0.25) is 9.48 Å². The van der Waals surface area contributed by atoms with Crippen molar-refractivity contribution in [1.82, 2.24) is 24.5 Å². The predicted octanol–water partition coefficient (Wildman–Crippen LogP) is 1.81. The van der Waals surface area contributed by atoms with E-state index in [4.69, 9.17) is 4.74 Å². The maximum atomic E-state index is 12.5. The second kappa shape index (κ2) is 8.73. The van der Waals surface area contributed by atoms with Gasteiger partial charge in [0.15, 0.2) is 0 Å². The van der Waals surface area contributed by atoms with E-state index < -0.39 is 11.7 Å². The number of ether oxygens (including phenoxy) is 1. The zero-order valence-corrected chi connectivity index (χ0v) is 17.3. The largest absolute Gasteiger partial charge is 0.445 e. The van der Waals surface area contributed by atoms with E-state index in [-0.39, 0.29) is 25.3 Å². The van der Waals surface area contributed by atoms with E-state index in [1.807, 2.05) is 30.3 Å². The summed E-state index contributed by atoms with van der Waals surface area (Å²) in [4.78, 5) is 26.4. The van der Waals surface area contributed by atoms with Crippen molar-refractivity contribution in [2.45, 2.75) is 31.6 Å². The Morgan fingerprint density at radius 1 is 1.23 bits per heavy atom. The molecular formula is C22H25N5O4. The third kappa shape index (κ3) is 5.00. The summed E-state index contributed by atoms with van der Waals surface area (Å²) in [6, 6.07) is 12.5. The van der Waals surface area contributed by atoms with Crippen molar-refractivity contribution < 1.29 is 14.6 Å². The summed E-state index contributed by atoms with van der Waals surface area (Å²) in [5, 5.41) is 19.7. The Balaban J connectivity index is 1.44. The molecule has 3 aromatic rings. The van der Waals surface area contributed by atoms with Crippen molar-refractivity contribution in [1.29, 1.82) is 0 Å². The quantitative estimate of drug-likeness (QED) is 0.671. The summed E-state index contributed by atoms with van der Waals surface area (Å²) in [5.41, 5.74) is 0.675. The van der Waals surface area contributed by atoms with Crippen molar-refractivity contribution >= 4 is 6.09 Å². The van der Waals surface area contributed by atoms with Gasteiger partial charge in [0.1, 0.15) is 12.2 Å². The van der Waals surface area contributed by atoms with Crippen LogP contribution >= 0.6 is 0 Å². The van der Waals surface area contributed by atoms with Gasteiger partial charge in [-0.25, -0.2) is 9.48 Å². The molecule has 162 valence electrons. The van der Waals surface area contributed by atoms with Crippen molar-refractivity contribution in [3.63, 3.8) is 0 Å². The Morgan fingerprint density at radius 3 is 2.77 bits per heavy atom. The van der Waals surface area contributed by atoms with E-state index in [1.165, 1.54) is 15.6 Å². The van der Waals surface area contributed by atoms with Gasteiger partial charge in [0.25, 0.3) is 5.56 Å². The average Bonchev–Trinajstić information content (AvgIpc) is 3.20. The standard InChI is InChI=1S/C22H25N5O4/c1-25-13-18(12-23-25)19-8-9-20(28)27(24-19)16-22(30)10-5-11-26(15-22)21(29)31-14-17-6-3-2-4-7-17/h2-4,6-9,12-13,30H,5,10-11,14-16H2,1H3. The number of hydrogen-bond acceptors (Lipinski definition) is 6. The molecule has 0 bridgehead atoms. The molecule has 2 aromatic heterocycles. The lowest BCUT2D eigenvalue weighted by molar-refractivity contribution is -0.0446. The third-order valence-corrected chi connectivity index (χ3v) is 5.33. The first-order valence-corrected chi connectivity index (χ1v) is 10.2. The molecule has 1 aliphatic rings. The molecule has 1 N–H and O–H groups in total. The van der Waals surface area contributed by atoms with E-state index in [1.54, 1.807) is 30.2 Å². The lowest BCUT2D eigenvalue weighted by atomic mass is 9.93. The molecule has 1 amide bonds. The molecule has 1 fully saturated rings. The topological polar surface area (TPSA) is 102 Å². The van der Waals surface area contributed by atoms with Crippen LogP contribution in [0.1, 0.15) is 18.4 Å². The molecule has 9 nitrogen and oxygen atoms in total. The van der Waals surface area contributed by atoms with Crippen LogP contribution in [0.3, 0.4) is 0 Å². The van der Waals surface area contributed by atoms with Crippen molar-refractivity contribution in [3.8, 4) is 11.3 Å². The lowest BCUT2D eigenvalue weighted by Gasteiger charge is -2.38. The second-order valence-electron chi connectivity index (χ2n) is 7.91. The van der Waals surface area contributed by atoms with Crippen LogP contribution in [0.2, 0.25) is 0 Å². The minimum absolute atomic E-state index is 0.0115. The predicted molar refractivity (Wildman–Crippen MR) is 113 cm³/mol. The summed E-state index contributed by atoms with van der Waals surface area (Å²) in [6.45, 7) is 0.727. The number of piperidine rings is 1. The molecule has 3 heterocycles. The van der Waals surface area contributed by atoms with Gasteiger partial charge >= 0.3 is 6.09 Å². The fourth-order valence-corrected chi connectivity index (χ4v) is 3.76. The van der Waals surface area contributed by atoms with Gasteiger partial charge in [-0.05, 0) is 24.5 Å². The van der Waals surface area contributed by atoms with Gasteiger partial charge in [0.2, 0.25) is 0 Å². The number of likely N-dealkylation sites (tertiary alicyclic amines) is 1. The molecule has 4 rings (SSSR count). The number of carbonyl (C=O) groups is 1. The van der Waals surface area contributed by atoms with Gasteiger partial charge in [-0.1, -0.05) is 30.3 Å². The van der Waals surface area contributed by atoms with Crippen molar-refractivity contribution in [2.75, 3.05) is 13.1 Å². The summed E-state index contributed by atoms with van der Waals surface area (Å²) in [5.74, 6) is 0. The number of β-amino-alcohol motifs (C(OH)–C–C–N with tert-alkyl or cyclic N) is 1. The van der Waals surface area contributed by atoms with Crippen LogP contribution < -0.4 is 5.56 Å². The first kappa shape index (κ1) is 20.8. The van der Waals surface area contributed by atoms with Gasteiger partial charge in [0, 0.05) is 31.4 Å². The van der Waals surface area contributed by atoms with E-state index in [0.29, 0.717) is 25.1 Å². The summed E-state index contributed by atoms with van der Waals surface area (Å²) in [7, 11) is 1.80. The maximum absolute atomic E-state index is 12.5. The molecule has 0 spiro atoms. The maximum Gasteiger partial charge on any atom is 0.410 e. The molecule has 9 heteroatoms. The van der Waals surface area contributed by atoms with Crippen LogP contribution in [0.5, 0.6) is 0 Å². The number of hydrogen-bond donors (Lipinski definition) is 1. The van der Waals surface area contributed by atoms with Crippen LogP contribution in [0.25, 0.3) is 11.3 Å². The molecule has 1 unspecified atom stereocenters. The Morgan fingerprint density at radius 2 is 2.03 bits per heavy atom. The Labute approximate surface area is 179 Å². The molecule has 31 heavy (non-hydrogen) atoms. The number of benzene rings is 1. The van der Waals surface area contributed by atoms with Gasteiger partial charge < -0.3 is 14.7 Å². The molecule has 1 aromatic carbocycles. The van der Waals surface area contributed by atoms with E-state index in [9.17, 15) is 14.7 Å². The highest BCUT2D eigenvalue weighted by molar-refractivity contribution is 5.68. The minimum atomic E-state index is -1.27. The summed E-state index contributed by atoms with van der Waals surface area (Å²) >= 11 is 0. The molecule has 0 radical (unpaired) electrons. The molecule has 1 aliphatic heterocycles. The van der Waals surface area contributed by atoms with Crippen LogP contribution in [-0.4, -0.2) is 54.4 Å². The third-order valence-electron chi connectivity index (χ3n) is 5.33. The Bertz CT molecular complexity index is 1110. The van der Waals surface area contributed by atoms with Crippen LogP contribution in [0.15, 0.2) is 59.7 Å². The van der Waals surface area contributed by atoms with Crippen LogP contribution in [0, 0.1) is 0 Å². The van der Waals surface area contributed by atoms with E-state index in [0.717, 1.165) is 11.1 Å². The van der Waals surface area contributed by atoms with Gasteiger partial charge in [-0.2, -0.15) is 10.2 Å². The zero-order chi connectivity index (χ0) is 21.8. The number of aryl methyl sites for hydroxylation is 1. The highest BCUT2D eigenvalue weighted by Gasteiger charge is 2.37. The highest BCUT2D eigenvalue weighted by atomic mass is 16.6. The highest BCUT2D eigenvalue weighted by Crippen LogP contribution is 2.24.